The topological polar surface area (TPSA) is 67.1 Å². The van der Waals surface area contributed by atoms with Crippen molar-refractivity contribution < 1.29 is 5.11 Å². The second kappa shape index (κ2) is 5.11. The molecule has 112 valence electrons. The van der Waals surface area contributed by atoms with Gasteiger partial charge >= 0.3 is 0 Å². The lowest BCUT2D eigenvalue weighted by molar-refractivity contribution is 0.0559. The van der Waals surface area contributed by atoms with Crippen molar-refractivity contribution in [3.63, 3.8) is 0 Å². The van der Waals surface area contributed by atoms with Gasteiger partial charge in [-0.25, -0.2) is 9.67 Å². The molecular weight excluding hydrogens is 266 g/mol. The Balaban J connectivity index is 1.81. The van der Waals surface area contributed by atoms with Crippen LogP contribution in [-0.4, -0.2) is 38.2 Å². The molecule has 3 heterocycles. The molecule has 1 aliphatic rings. The maximum atomic E-state index is 10.9. The van der Waals surface area contributed by atoms with Crippen LogP contribution >= 0.6 is 0 Å². The summed E-state index contributed by atoms with van der Waals surface area (Å²) in [6, 6.07) is 6.18. The first kappa shape index (κ1) is 14.0. The van der Waals surface area contributed by atoms with Gasteiger partial charge in [0.25, 0.3) is 0 Å². The third kappa shape index (κ3) is 2.63. The van der Waals surface area contributed by atoms with Gasteiger partial charge < -0.3 is 10.0 Å². The first-order valence-electron chi connectivity index (χ1n) is 7.31. The number of anilines is 1. The molecule has 0 spiro atoms. The number of pyridine rings is 1. The first-order valence-corrected chi connectivity index (χ1v) is 7.31. The third-order valence-electron chi connectivity index (χ3n) is 3.96. The van der Waals surface area contributed by atoms with E-state index in [2.05, 4.69) is 20.2 Å². The van der Waals surface area contributed by atoms with E-state index in [1.165, 1.54) is 0 Å². The summed E-state index contributed by atoms with van der Waals surface area (Å²) in [5.74, 6) is 0.905. The van der Waals surface area contributed by atoms with E-state index in [4.69, 9.17) is 0 Å². The lowest BCUT2D eigenvalue weighted by Crippen LogP contribution is -2.31. The van der Waals surface area contributed by atoms with Crippen molar-refractivity contribution in [2.24, 2.45) is 0 Å². The second-order valence-electron chi connectivity index (χ2n) is 6.02. The van der Waals surface area contributed by atoms with Gasteiger partial charge in [-0.1, -0.05) is 11.3 Å². The highest BCUT2D eigenvalue weighted by molar-refractivity contribution is 5.42. The summed E-state index contributed by atoms with van der Waals surface area (Å²) >= 11 is 0. The van der Waals surface area contributed by atoms with E-state index in [0.717, 1.165) is 18.1 Å². The molecular formula is C15H21N5O. The number of aliphatic hydroxyl groups is 1. The molecule has 0 amide bonds. The van der Waals surface area contributed by atoms with Gasteiger partial charge in [0.2, 0.25) is 0 Å². The standard InChI is InChI=1S/C15H21N5O/c1-11(2)20-9-13(17-18-20)15(21)7-8-19(10-15)14-6-4-5-12(3)16-14/h4-6,9,11,21H,7-8,10H2,1-3H3. The van der Waals surface area contributed by atoms with Crippen LogP contribution in [0.15, 0.2) is 24.4 Å². The highest BCUT2D eigenvalue weighted by atomic mass is 16.3. The molecule has 0 bridgehead atoms. The van der Waals surface area contributed by atoms with Crippen LogP contribution < -0.4 is 4.90 Å². The van der Waals surface area contributed by atoms with Crippen molar-refractivity contribution in [3.05, 3.63) is 35.8 Å². The van der Waals surface area contributed by atoms with Gasteiger partial charge in [-0.3, -0.25) is 0 Å². The smallest absolute Gasteiger partial charge is 0.129 e. The molecule has 1 N–H and O–H groups in total. The van der Waals surface area contributed by atoms with E-state index in [9.17, 15) is 5.11 Å². The Bertz CT molecular complexity index is 638. The maximum Gasteiger partial charge on any atom is 0.129 e. The molecule has 6 nitrogen and oxygen atoms in total. The zero-order chi connectivity index (χ0) is 15.0. The minimum absolute atomic E-state index is 0.241. The molecule has 1 fully saturated rings. The average molecular weight is 287 g/mol. The molecule has 2 aromatic heterocycles. The molecule has 1 unspecified atom stereocenters. The van der Waals surface area contributed by atoms with Crippen molar-refractivity contribution in [2.45, 2.75) is 38.8 Å². The zero-order valence-corrected chi connectivity index (χ0v) is 12.7. The van der Waals surface area contributed by atoms with Crippen LogP contribution in [0.2, 0.25) is 0 Å². The second-order valence-corrected chi connectivity index (χ2v) is 6.02. The van der Waals surface area contributed by atoms with Crippen LogP contribution in [0.3, 0.4) is 0 Å². The molecule has 0 radical (unpaired) electrons. The quantitative estimate of drug-likeness (QED) is 0.930. The monoisotopic (exact) mass is 287 g/mol. The molecule has 3 rings (SSSR count). The van der Waals surface area contributed by atoms with Gasteiger partial charge in [0.1, 0.15) is 17.1 Å². The summed E-state index contributed by atoms with van der Waals surface area (Å²) in [5, 5.41) is 19.1. The Hall–Kier alpha value is -1.95. The summed E-state index contributed by atoms with van der Waals surface area (Å²) in [6.45, 7) is 7.32. The first-order chi connectivity index (χ1) is 9.98. The van der Waals surface area contributed by atoms with Crippen LogP contribution in [0, 0.1) is 6.92 Å². The van der Waals surface area contributed by atoms with E-state index in [1.54, 1.807) is 4.68 Å². The van der Waals surface area contributed by atoms with Crippen LogP contribution in [-0.2, 0) is 5.60 Å². The lowest BCUT2D eigenvalue weighted by atomic mass is 10.00. The van der Waals surface area contributed by atoms with E-state index in [0.29, 0.717) is 18.7 Å². The van der Waals surface area contributed by atoms with E-state index < -0.39 is 5.60 Å². The number of β-amino-alcohol motifs (C(OH)–C–C–N with tert-alkyl or cyclic N) is 1. The predicted molar refractivity (Wildman–Crippen MR) is 80.1 cm³/mol. The summed E-state index contributed by atoms with van der Waals surface area (Å²) in [4.78, 5) is 6.62. The average Bonchev–Trinajstić information content (AvgIpc) is 3.06. The Morgan fingerprint density at radius 1 is 1.33 bits per heavy atom. The summed E-state index contributed by atoms with van der Waals surface area (Å²) < 4.78 is 1.78. The Labute approximate surface area is 124 Å². The number of aromatic nitrogens is 4. The Morgan fingerprint density at radius 2 is 2.14 bits per heavy atom. The molecule has 2 aromatic rings. The number of hydrogen-bond acceptors (Lipinski definition) is 5. The number of nitrogens with zero attached hydrogens (tertiary/aromatic N) is 5. The van der Waals surface area contributed by atoms with Crippen LogP contribution in [0.4, 0.5) is 5.82 Å². The SMILES string of the molecule is Cc1cccc(N2CCC(O)(c3cn(C(C)C)nn3)C2)n1. The van der Waals surface area contributed by atoms with Crippen LogP contribution in [0.1, 0.15) is 37.7 Å². The molecule has 1 aliphatic heterocycles. The Morgan fingerprint density at radius 3 is 2.81 bits per heavy atom. The minimum Gasteiger partial charge on any atom is -0.381 e. The number of hydrogen-bond donors (Lipinski definition) is 1. The minimum atomic E-state index is -0.946. The molecule has 0 saturated carbocycles. The molecule has 0 aromatic carbocycles. The fourth-order valence-electron chi connectivity index (χ4n) is 2.65. The molecule has 1 atom stereocenters. The van der Waals surface area contributed by atoms with Crippen molar-refractivity contribution in [1.29, 1.82) is 0 Å². The molecule has 0 aliphatic carbocycles. The van der Waals surface area contributed by atoms with Crippen LogP contribution in [0.25, 0.3) is 0 Å². The zero-order valence-electron chi connectivity index (χ0n) is 12.7. The predicted octanol–water partition coefficient (Wildman–Crippen LogP) is 1.66. The maximum absolute atomic E-state index is 10.9. The van der Waals surface area contributed by atoms with Gasteiger partial charge in [0.15, 0.2) is 0 Å². The van der Waals surface area contributed by atoms with Crippen molar-refractivity contribution in [1.82, 2.24) is 20.0 Å². The lowest BCUT2D eigenvalue weighted by Gasteiger charge is -2.22. The third-order valence-corrected chi connectivity index (χ3v) is 3.96. The highest BCUT2D eigenvalue weighted by Crippen LogP contribution is 2.33. The van der Waals surface area contributed by atoms with Crippen molar-refractivity contribution >= 4 is 5.82 Å². The molecule has 1 saturated heterocycles. The summed E-state index contributed by atoms with van der Waals surface area (Å²) in [7, 11) is 0. The highest BCUT2D eigenvalue weighted by Gasteiger charge is 2.40. The molecule has 21 heavy (non-hydrogen) atoms. The van der Waals surface area contributed by atoms with Crippen molar-refractivity contribution in [2.75, 3.05) is 18.0 Å². The van der Waals surface area contributed by atoms with Gasteiger partial charge in [-0.2, -0.15) is 0 Å². The molecule has 6 heteroatoms. The Kier molecular flexibility index (Phi) is 3.41. The van der Waals surface area contributed by atoms with Gasteiger partial charge in [0, 0.05) is 24.7 Å². The number of rotatable bonds is 3. The van der Waals surface area contributed by atoms with Gasteiger partial charge in [-0.05, 0) is 32.9 Å². The van der Waals surface area contributed by atoms with Crippen LogP contribution in [0.5, 0.6) is 0 Å². The van der Waals surface area contributed by atoms with E-state index >= 15 is 0 Å². The largest absolute Gasteiger partial charge is 0.381 e. The van der Waals surface area contributed by atoms with E-state index in [-0.39, 0.29) is 6.04 Å². The number of aryl methyl sites for hydroxylation is 1. The fraction of sp³-hybridized carbons (Fsp3) is 0.533. The van der Waals surface area contributed by atoms with Gasteiger partial charge in [0.05, 0.1) is 12.7 Å². The van der Waals surface area contributed by atoms with Crippen molar-refractivity contribution in [3.8, 4) is 0 Å². The summed E-state index contributed by atoms with van der Waals surface area (Å²) in [6.07, 6.45) is 2.48. The summed E-state index contributed by atoms with van der Waals surface area (Å²) in [5.41, 5.74) is 0.679. The van der Waals surface area contributed by atoms with E-state index in [1.807, 2.05) is 45.2 Å². The fourth-order valence-corrected chi connectivity index (χ4v) is 2.65. The normalized spacial score (nSPS) is 22.2. The van der Waals surface area contributed by atoms with Gasteiger partial charge in [-0.15, -0.1) is 5.10 Å².